The summed E-state index contributed by atoms with van der Waals surface area (Å²) < 4.78 is 6.38. The van der Waals surface area contributed by atoms with Crippen molar-refractivity contribution < 1.29 is 20.1 Å². The van der Waals surface area contributed by atoms with E-state index in [-0.39, 0.29) is 20.1 Å². The van der Waals surface area contributed by atoms with Gasteiger partial charge in [0.1, 0.15) is 0 Å². The molecule has 4 heteroatoms. The fraction of sp³-hybridized carbons (Fsp3) is 0. The number of hydrogen-bond donors (Lipinski definition) is 0. The maximum atomic E-state index is 6.38. The van der Waals surface area contributed by atoms with Crippen LogP contribution in [0.4, 0.5) is 0 Å². The molecule has 0 N–H and O–H groups in total. The third-order valence-corrected chi connectivity index (χ3v) is 15.5. The van der Waals surface area contributed by atoms with E-state index in [9.17, 15) is 0 Å². The summed E-state index contributed by atoms with van der Waals surface area (Å²) in [6, 6.07) is 65.7. The van der Waals surface area contributed by atoms with Crippen molar-refractivity contribution in [2.24, 2.45) is 0 Å². The Morgan fingerprint density at radius 3 is 0.550 bits per heavy atom. The summed E-state index contributed by atoms with van der Waals surface area (Å²) >= 11 is 0. The molecular weight excluding hydrogens is 701 g/mol. The van der Waals surface area contributed by atoms with Crippen molar-refractivity contribution in [2.45, 2.75) is 0 Å². The van der Waals surface area contributed by atoms with Gasteiger partial charge >= 0.3 is 34.2 Å². The molecule has 0 atom stereocenters. The van der Waals surface area contributed by atoms with Gasteiger partial charge in [0.2, 0.25) is 0 Å². The zero-order valence-corrected chi connectivity index (χ0v) is 26.2. The minimum Gasteiger partial charge on any atom is -0.148 e. The summed E-state index contributed by atoms with van der Waals surface area (Å²) in [6.45, 7) is 0. The van der Waals surface area contributed by atoms with Gasteiger partial charge in [-0.05, 0) is 72.8 Å². The summed E-state index contributed by atoms with van der Waals surface area (Å²) in [5.41, 5.74) is 0. The predicted octanol–water partition coefficient (Wildman–Crippen LogP) is 6.41. The second kappa shape index (κ2) is 12.8. The van der Waals surface area contributed by atoms with Crippen LogP contribution in [-0.2, 0) is 20.1 Å². The van der Waals surface area contributed by atoms with Gasteiger partial charge in [-0.25, -0.2) is 0 Å². The van der Waals surface area contributed by atoms with Crippen molar-refractivity contribution in [1.82, 2.24) is 4.17 Å². The first-order chi connectivity index (χ1) is 19.3. The van der Waals surface area contributed by atoms with Gasteiger partial charge in [-0.1, -0.05) is 109 Å². The maximum absolute atomic E-state index is 6.38. The van der Waals surface area contributed by atoms with Crippen LogP contribution < -0.4 is 36.0 Å². The van der Waals surface area contributed by atoms with E-state index >= 15 is 0 Å². The average Bonchev–Trinajstić information content (AvgIpc) is 3.04. The molecule has 0 fully saturated rings. The Morgan fingerprint density at radius 1 is 0.250 bits per heavy atom. The van der Waals surface area contributed by atoms with Crippen LogP contribution in [0.1, 0.15) is 0 Å². The fourth-order valence-electron chi connectivity index (χ4n) is 5.27. The van der Waals surface area contributed by atoms with Gasteiger partial charge in [-0.3, -0.25) is 0 Å². The Morgan fingerprint density at radius 2 is 0.400 bits per heavy atom. The Hall–Kier alpha value is -3.46. The summed E-state index contributed by atoms with van der Waals surface area (Å²) in [4.78, 5) is 0. The van der Waals surface area contributed by atoms with Gasteiger partial charge < -0.3 is 0 Å². The third-order valence-electron chi connectivity index (χ3n) is 7.05. The second-order valence-electron chi connectivity index (χ2n) is 9.37. The molecule has 0 amide bonds. The Balaban J connectivity index is 0.00000323. The molecule has 0 unspecified atom stereocenters. The van der Waals surface area contributed by atoms with E-state index in [1.54, 1.807) is 0 Å². The fourth-order valence-corrected chi connectivity index (χ4v) is 14.8. The van der Waals surface area contributed by atoms with Crippen molar-refractivity contribution in [3.8, 4) is 0 Å². The standard InChI is InChI=1S/C36H30NP2.Ir/c1-7-19-31(20-8-1)38(32-21-9-2-10-22-32,33-23-11-3-12-24-33)37-39(34-25-13-4-14-26-34,35-27-15-5-16-28-35)36-29-17-6-18-30-36;/h1-30H;/q+1;+3. The van der Waals surface area contributed by atoms with Crippen LogP contribution in [0.2, 0.25) is 0 Å². The number of benzene rings is 6. The quantitative estimate of drug-likeness (QED) is 0.139. The van der Waals surface area contributed by atoms with Crippen LogP contribution in [-0.4, -0.2) is 0 Å². The first-order valence-corrected chi connectivity index (χ1v) is 16.7. The Labute approximate surface area is 251 Å². The van der Waals surface area contributed by atoms with Crippen LogP contribution in [0.3, 0.4) is 0 Å². The normalized spacial score (nSPS) is 11.2. The molecule has 6 aromatic carbocycles. The van der Waals surface area contributed by atoms with Gasteiger partial charge in [0.05, 0.1) is 31.8 Å². The number of nitrogens with zero attached hydrogens (tertiary/aromatic N) is 1. The monoisotopic (exact) mass is 731 g/mol. The van der Waals surface area contributed by atoms with Crippen molar-refractivity contribution >= 4 is 45.9 Å². The molecule has 6 rings (SSSR count). The van der Waals surface area contributed by atoms with Gasteiger partial charge in [0, 0.05) is 0 Å². The van der Waals surface area contributed by atoms with Crippen molar-refractivity contribution in [1.29, 1.82) is 0 Å². The third kappa shape index (κ3) is 5.19. The molecule has 0 radical (unpaired) electrons. The molecule has 40 heavy (non-hydrogen) atoms. The molecule has 0 aliphatic carbocycles. The predicted molar refractivity (Wildman–Crippen MR) is 172 cm³/mol. The van der Waals surface area contributed by atoms with Crippen LogP contribution in [0.5, 0.6) is 0 Å². The smallest absolute Gasteiger partial charge is 0.148 e. The number of rotatable bonds is 6. The Bertz CT molecular complexity index is 1430. The maximum Gasteiger partial charge on any atom is 3.00 e. The summed E-state index contributed by atoms with van der Waals surface area (Å²) in [6.07, 6.45) is 0. The summed E-state index contributed by atoms with van der Waals surface area (Å²) in [5, 5.41) is 7.55. The van der Waals surface area contributed by atoms with Crippen LogP contribution in [0.15, 0.2) is 182 Å². The summed E-state index contributed by atoms with van der Waals surface area (Å²) in [5.74, 6) is 0. The number of hydrogen-bond acceptors (Lipinski definition) is 0. The molecular formula is C36H30IrNP2+4. The zero-order valence-electron chi connectivity index (χ0n) is 22.0. The van der Waals surface area contributed by atoms with Crippen LogP contribution in [0, 0.1) is 0 Å². The SMILES string of the molecule is [Ir+3].c1ccc(P(=[N+]=P(c2ccccc2)(c2ccccc2)c2ccccc2)(c2ccccc2)c2ccccc2)cc1. The van der Waals surface area contributed by atoms with Gasteiger partial charge in [0.15, 0.2) is 0 Å². The first kappa shape index (κ1) is 28.1. The molecule has 1 nitrogen and oxygen atoms in total. The van der Waals surface area contributed by atoms with E-state index in [2.05, 4.69) is 182 Å². The van der Waals surface area contributed by atoms with Crippen molar-refractivity contribution in [3.05, 3.63) is 182 Å². The van der Waals surface area contributed by atoms with E-state index in [1.165, 1.54) is 31.8 Å². The average molecular weight is 731 g/mol. The van der Waals surface area contributed by atoms with E-state index in [0.717, 1.165) is 0 Å². The van der Waals surface area contributed by atoms with Gasteiger partial charge in [-0.2, -0.15) is 0 Å². The Kier molecular flexibility index (Phi) is 8.99. The van der Waals surface area contributed by atoms with Gasteiger partial charge in [-0.15, -0.1) is 4.17 Å². The van der Waals surface area contributed by atoms with Crippen LogP contribution in [0.25, 0.3) is 0 Å². The molecule has 0 saturated heterocycles. The molecule has 0 spiro atoms. The zero-order chi connectivity index (χ0) is 26.4. The van der Waals surface area contributed by atoms with E-state index in [4.69, 9.17) is 4.17 Å². The molecule has 0 aromatic heterocycles. The molecule has 0 aliphatic rings. The minimum atomic E-state index is -2.50. The topological polar surface area (TPSA) is 14.1 Å². The molecule has 0 bridgehead atoms. The minimum absolute atomic E-state index is 0. The first-order valence-electron chi connectivity index (χ1n) is 13.2. The molecule has 0 heterocycles. The van der Waals surface area contributed by atoms with E-state index < -0.39 is 14.1 Å². The molecule has 6 aromatic rings. The second-order valence-corrected chi connectivity index (χ2v) is 15.7. The molecule has 0 saturated carbocycles. The van der Waals surface area contributed by atoms with E-state index in [1.807, 2.05) is 0 Å². The summed E-state index contributed by atoms with van der Waals surface area (Å²) in [7, 11) is -4.99. The molecule has 0 aliphatic heterocycles. The van der Waals surface area contributed by atoms with Crippen molar-refractivity contribution in [3.63, 3.8) is 0 Å². The van der Waals surface area contributed by atoms with Gasteiger partial charge in [0.25, 0.3) is 0 Å². The largest absolute Gasteiger partial charge is 3.00 e. The molecule has 194 valence electrons. The van der Waals surface area contributed by atoms with Crippen LogP contribution >= 0.6 is 14.1 Å². The van der Waals surface area contributed by atoms with E-state index in [0.29, 0.717) is 0 Å². The van der Waals surface area contributed by atoms with Crippen molar-refractivity contribution in [2.75, 3.05) is 0 Å².